The van der Waals surface area contributed by atoms with Gasteiger partial charge in [-0.25, -0.2) is 13.8 Å². The van der Waals surface area contributed by atoms with Crippen LogP contribution < -0.4 is 10.2 Å². The van der Waals surface area contributed by atoms with Gasteiger partial charge < -0.3 is 15.2 Å². The summed E-state index contributed by atoms with van der Waals surface area (Å²) in [6.07, 6.45) is 5.76. The fraction of sp³-hybridized carbons (Fsp3) is 0.500. The number of H-pyrrole nitrogens is 1. The van der Waals surface area contributed by atoms with Crippen LogP contribution in [0.2, 0.25) is 0 Å². The number of nitrogens with one attached hydrogen (secondary N) is 2. The number of imidazole rings is 1. The Labute approximate surface area is 141 Å². The van der Waals surface area contributed by atoms with Gasteiger partial charge >= 0.3 is 0 Å². The standard InChI is InChI=1S/C18H24F2N4/c1-2-6-21-12-17-22-11-16(23-17)13-9-14(19)18(15(20)10-13)24-7-4-3-5-8-24/h9-11,21H,2-8,12H2,1H3,(H,22,23). The molecule has 0 bridgehead atoms. The van der Waals surface area contributed by atoms with E-state index in [1.54, 1.807) is 6.20 Å². The summed E-state index contributed by atoms with van der Waals surface area (Å²) < 4.78 is 29.0. The van der Waals surface area contributed by atoms with Gasteiger partial charge in [0.2, 0.25) is 0 Å². The van der Waals surface area contributed by atoms with Gasteiger partial charge in [0.25, 0.3) is 0 Å². The van der Waals surface area contributed by atoms with Crippen LogP contribution in [0.4, 0.5) is 14.5 Å². The zero-order valence-electron chi connectivity index (χ0n) is 14.0. The fourth-order valence-electron chi connectivity index (χ4n) is 3.12. The third kappa shape index (κ3) is 3.75. The molecule has 0 spiro atoms. The van der Waals surface area contributed by atoms with Crippen LogP contribution in [0.1, 0.15) is 38.4 Å². The number of anilines is 1. The maximum atomic E-state index is 14.5. The molecule has 6 heteroatoms. The number of hydrogen-bond donors (Lipinski definition) is 2. The second-order valence-electron chi connectivity index (χ2n) is 6.26. The number of aromatic amines is 1. The number of benzene rings is 1. The minimum absolute atomic E-state index is 0.0998. The highest BCUT2D eigenvalue weighted by molar-refractivity contribution is 5.64. The van der Waals surface area contributed by atoms with E-state index in [4.69, 9.17) is 0 Å². The Hall–Kier alpha value is -1.95. The summed E-state index contributed by atoms with van der Waals surface area (Å²) in [5.74, 6) is -0.251. The first kappa shape index (κ1) is 16.9. The molecule has 1 saturated heterocycles. The zero-order valence-corrected chi connectivity index (χ0v) is 14.0. The van der Waals surface area contributed by atoms with Crippen LogP contribution in [-0.2, 0) is 6.54 Å². The molecule has 0 aliphatic carbocycles. The summed E-state index contributed by atoms with van der Waals surface area (Å²) in [6.45, 7) is 5.04. The molecule has 0 amide bonds. The van der Waals surface area contributed by atoms with Crippen LogP contribution in [-0.4, -0.2) is 29.6 Å². The highest BCUT2D eigenvalue weighted by Crippen LogP contribution is 2.30. The van der Waals surface area contributed by atoms with E-state index in [1.807, 2.05) is 4.90 Å². The second kappa shape index (κ2) is 7.75. The number of rotatable bonds is 6. The first-order valence-electron chi connectivity index (χ1n) is 8.68. The van der Waals surface area contributed by atoms with Crippen molar-refractivity contribution in [2.24, 2.45) is 0 Å². The fourth-order valence-corrected chi connectivity index (χ4v) is 3.12. The SMILES string of the molecule is CCCNCc1ncc(-c2cc(F)c(N3CCCCC3)c(F)c2)[nH]1. The molecule has 1 aromatic heterocycles. The summed E-state index contributed by atoms with van der Waals surface area (Å²) in [6, 6.07) is 2.79. The van der Waals surface area contributed by atoms with E-state index in [-0.39, 0.29) is 5.69 Å². The predicted molar refractivity (Wildman–Crippen MR) is 92.0 cm³/mol. The van der Waals surface area contributed by atoms with E-state index in [0.717, 1.165) is 38.1 Å². The van der Waals surface area contributed by atoms with Crippen LogP contribution >= 0.6 is 0 Å². The molecule has 0 atom stereocenters. The molecule has 0 unspecified atom stereocenters. The smallest absolute Gasteiger partial charge is 0.150 e. The van der Waals surface area contributed by atoms with Crippen LogP contribution in [0, 0.1) is 11.6 Å². The second-order valence-corrected chi connectivity index (χ2v) is 6.26. The summed E-state index contributed by atoms with van der Waals surface area (Å²) in [4.78, 5) is 9.19. The molecular formula is C18H24F2N4. The lowest BCUT2D eigenvalue weighted by atomic mass is 10.1. The maximum Gasteiger partial charge on any atom is 0.150 e. The van der Waals surface area contributed by atoms with Crippen molar-refractivity contribution in [1.82, 2.24) is 15.3 Å². The average Bonchev–Trinajstić information content (AvgIpc) is 3.04. The van der Waals surface area contributed by atoms with Gasteiger partial charge in [0.1, 0.15) is 23.1 Å². The van der Waals surface area contributed by atoms with Gasteiger partial charge in [-0.05, 0) is 44.4 Å². The molecule has 1 aromatic carbocycles. The quantitative estimate of drug-likeness (QED) is 0.789. The highest BCUT2D eigenvalue weighted by Gasteiger charge is 2.20. The van der Waals surface area contributed by atoms with Gasteiger partial charge in [-0.2, -0.15) is 0 Å². The lowest BCUT2D eigenvalue weighted by Crippen LogP contribution is -2.31. The Balaban J connectivity index is 1.79. The minimum Gasteiger partial charge on any atom is -0.367 e. The molecule has 3 rings (SSSR count). The first-order chi connectivity index (χ1) is 11.7. The topological polar surface area (TPSA) is 44.0 Å². The van der Waals surface area contributed by atoms with Gasteiger partial charge in [0, 0.05) is 18.7 Å². The number of piperidine rings is 1. The van der Waals surface area contributed by atoms with Crippen molar-refractivity contribution in [3.63, 3.8) is 0 Å². The average molecular weight is 334 g/mol. The molecule has 2 N–H and O–H groups in total. The Morgan fingerprint density at radius 3 is 2.54 bits per heavy atom. The Morgan fingerprint density at radius 2 is 1.88 bits per heavy atom. The molecule has 1 aliphatic heterocycles. The van der Waals surface area contributed by atoms with Gasteiger partial charge in [-0.3, -0.25) is 0 Å². The number of aromatic nitrogens is 2. The van der Waals surface area contributed by atoms with E-state index < -0.39 is 11.6 Å². The van der Waals surface area contributed by atoms with Crippen molar-refractivity contribution in [2.45, 2.75) is 39.2 Å². The van der Waals surface area contributed by atoms with Crippen molar-refractivity contribution in [3.8, 4) is 11.3 Å². The number of hydrogen-bond acceptors (Lipinski definition) is 3. The Kier molecular flexibility index (Phi) is 5.45. The molecule has 0 saturated carbocycles. The van der Waals surface area contributed by atoms with Crippen molar-refractivity contribution in [3.05, 3.63) is 35.8 Å². The first-order valence-corrected chi connectivity index (χ1v) is 8.68. The lowest BCUT2D eigenvalue weighted by molar-refractivity contribution is 0.531. The molecular weight excluding hydrogens is 310 g/mol. The van der Waals surface area contributed by atoms with Crippen molar-refractivity contribution in [2.75, 3.05) is 24.5 Å². The van der Waals surface area contributed by atoms with Crippen molar-refractivity contribution in [1.29, 1.82) is 0 Å². The Morgan fingerprint density at radius 1 is 1.17 bits per heavy atom. The maximum absolute atomic E-state index is 14.5. The predicted octanol–water partition coefficient (Wildman–Crippen LogP) is 3.84. The van der Waals surface area contributed by atoms with Gasteiger partial charge in [-0.1, -0.05) is 6.92 Å². The van der Waals surface area contributed by atoms with Crippen LogP contribution in [0.15, 0.2) is 18.3 Å². The molecule has 2 aromatic rings. The number of halogens is 2. The van der Waals surface area contributed by atoms with Crippen molar-refractivity contribution < 1.29 is 8.78 Å². The van der Waals surface area contributed by atoms with Gasteiger partial charge in [0.05, 0.1) is 18.4 Å². The van der Waals surface area contributed by atoms with E-state index in [2.05, 4.69) is 22.2 Å². The van der Waals surface area contributed by atoms with Gasteiger partial charge in [-0.15, -0.1) is 0 Å². The summed E-state index contributed by atoms with van der Waals surface area (Å²) in [5.41, 5.74) is 1.22. The van der Waals surface area contributed by atoms with Crippen LogP contribution in [0.3, 0.4) is 0 Å². The van der Waals surface area contributed by atoms with Crippen LogP contribution in [0.25, 0.3) is 11.3 Å². The van der Waals surface area contributed by atoms with Crippen LogP contribution in [0.5, 0.6) is 0 Å². The summed E-state index contributed by atoms with van der Waals surface area (Å²) in [5, 5.41) is 3.24. The monoisotopic (exact) mass is 334 g/mol. The summed E-state index contributed by atoms with van der Waals surface area (Å²) >= 11 is 0. The molecule has 1 aliphatic rings. The highest BCUT2D eigenvalue weighted by atomic mass is 19.1. The van der Waals surface area contributed by atoms with E-state index in [0.29, 0.717) is 30.9 Å². The molecule has 130 valence electrons. The molecule has 2 heterocycles. The summed E-state index contributed by atoms with van der Waals surface area (Å²) in [7, 11) is 0. The minimum atomic E-state index is -0.507. The Bertz CT molecular complexity index is 654. The largest absolute Gasteiger partial charge is 0.367 e. The molecule has 0 radical (unpaired) electrons. The van der Waals surface area contributed by atoms with E-state index in [1.165, 1.54) is 12.1 Å². The normalized spacial score (nSPS) is 15.0. The van der Waals surface area contributed by atoms with Gasteiger partial charge in [0.15, 0.2) is 0 Å². The number of nitrogens with zero attached hydrogens (tertiary/aromatic N) is 2. The molecule has 4 nitrogen and oxygen atoms in total. The molecule has 1 fully saturated rings. The third-order valence-corrected chi connectivity index (χ3v) is 4.35. The molecule has 24 heavy (non-hydrogen) atoms. The van der Waals surface area contributed by atoms with E-state index in [9.17, 15) is 8.78 Å². The van der Waals surface area contributed by atoms with Crippen molar-refractivity contribution >= 4 is 5.69 Å². The lowest BCUT2D eigenvalue weighted by Gasteiger charge is -2.29. The zero-order chi connectivity index (χ0) is 16.9. The third-order valence-electron chi connectivity index (χ3n) is 4.35. The van der Waals surface area contributed by atoms with E-state index >= 15 is 0 Å².